The molecule has 0 aliphatic heterocycles. The molecule has 0 amide bonds. The molecule has 3 aromatic rings. The van der Waals surface area contributed by atoms with Gasteiger partial charge in [-0.15, -0.1) is 0 Å². The van der Waals surface area contributed by atoms with Gasteiger partial charge < -0.3 is 83.3 Å². The summed E-state index contributed by atoms with van der Waals surface area (Å²) < 4.78 is 26.2. The average molecular weight is 1890 g/mol. The van der Waals surface area contributed by atoms with E-state index in [1.54, 1.807) is 0 Å². The maximum Gasteiger partial charge on any atom is 0 e. The molecule has 0 saturated carbocycles. The van der Waals surface area contributed by atoms with Crippen molar-refractivity contribution in [3.63, 3.8) is 0 Å². The van der Waals surface area contributed by atoms with Gasteiger partial charge >= 0.3 is 44.2 Å². The number of methoxy groups -OCH3 is 1. The number of aliphatic hydroxyl groups excluding tert-OH is 6. The van der Waals surface area contributed by atoms with Crippen molar-refractivity contribution in [1.82, 2.24) is 0 Å². The number of rotatable bonds is 11. The third kappa shape index (κ3) is 25.7. The molecule has 0 heterocycles. The normalized spacial score (nSPS) is 10.0. The van der Waals surface area contributed by atoms with Crippen molar-refractivity contribution in [1.29, 1.82) is 0 Å². The molecule has 0 radical (unpaired) electrons. The van der Waals surface area contributed by atoms with Gasteiger partial charge in [-0.2, -0.15) is 0 Å². The molecule has 0 bridgehead atoms. The summed E-state index contributed by atoms with van der Waals surface area (Å²) in [5, 5.41) is 116. The van der Waals surface area contributed by atoms with Gasteiger partial charge in [0.05, 0.1) is 11.1 Å². The van der Waals surface area contributed by atoms with Gasteiger partial charge in [-0.1, -0.05) is 0 Å². The van der Waals surface area contributed by atoms with Crippen LogP contribution in [0.5, 0.6) is 5.75 Å². The Morgan fingerprint density at radius 2 is 0.778 bits per heavy atom. The van der Waals surface area contributed by atoms with Gasteiger partial charge in [-0.05, 0) is 54.6 Å². The molecule has 25 heteroatoms. The van der Waals surface area contributed by atoms with Crippen molar-refractivity contribution < 1.29 is 247 Å². The predicted molar refractivity (Wildman–Crippen MR) is 156 cm³/mol. The Labute approximate surface area is 416 Å². The molecular weight excluding hydrogens is 1860 g/mol. The van der Waals surface area contributed by atoms with E-state index in [1.807, 2.05) is 0 Å². The molecule has 13 N–H and O–H groups in total. The zero-order valence-corrected chi connectivity index (χ0v) is 48.7. The summed E-state index contributed by atoms with van der Waals surface area (Å²) in [5.74, 6) is -2.52. The number of ether oxygens (including phenoxy) is 2. The Kier molecular flexibility index (Phi) is 43.4. The first-order valence-electron chi connectivity index (χ1n) is 12.9. The molecule has 0 aliphatic carbocycles. The van der Waals surface area contributed by atoms with Crippen LogP contribution in [0.2, 0.25) is 0 Å². The Hall–Kier alpha value is 0.450. The minimum Gasteiger partial charge on any atom is 0 e. The largest absolute Gasteiger partial charge is 0 e. The molecule has 20 nitrogen and oxygen atoms in total. The number of hydrogen-bond donors (Lipinski definition) is 13. The molecule has 1 atom stereocenters. The number of aromatic carboxylic acids is 2. The van der Waals surface area contributed by atoms with Gasteiger partial charge in [-0.25, -0.2) is 9.59 Å². The first kappa shape index (κ1) is 66.3. The van der Waals surface area contributed by atoms with Crippen molar-refractivity contribution in [3.8, 4) is 5.75 Å². The molecule has 0 saturated heterocycles. The van der Waals surface area contributed by atoms with Gasteiger partial charge in [-0.3, -0.25) is 4.79 Å². The second-order valence-electron chi connectivity index (χ2n) is 8.98. The molecule has 0 aliphatic rings. The van der Waals surface area contributed by atoms with Crippen LogP contribution in [-0.4, -0.2) is 91.9 Å². The third-order valence-corrected chi connectivity index (χ3v) is 5.58. The number of hydrogen-bond acceptors (Lipinski definition) is 18. The zero-order valence-electron chi connectivity index (χ0n) is 27.9. The van der Waals surface area contributed by atoms with Gasteiger partial charge in [0.2, 0.25) is 0 Å². The molecule has 3 rings (SSSR count). The van der Waals surface area contributed by atoms with Crippen molar-refractivity contribution in [3.05, 3.63) is 107 Å². The summed E-state index contributed by atoms with van der Waals surface area (Å²) in [6.07, 6.45) is -10.4. The molecule has 0 fully saturated rings. The minimum atomic E-state index is -2.51. The number of carboxylic acid groups (broad SMARTS) is 2. The Bertz CT molecular complexity index is 1510. The number of carbonyl (C=O) groups is 3. The molecule has 292 valence electrons. The molecule has 0 spiro atoms. The first-order chi connectivity index (χ1) is 22.8. The van der Waals surface area contributed by atoms with Crippen molar-refractivity contribution in [2.24, 2.45) is 0 Å². The van der Waals surface area contributed by atoms with Crippen LogP contribution in [-0.2, 0) is 14.0 Å². The van der Waals surface area contributed by atoms with Crippen LogP contribution in [0, 0.1) is 160 Å². The van der Waals surface area contributed by atoms with E-state index in [-0.39, 0.29) is 189 Å². The summed E-state index contributed by atoms with van der Waals surface area (Å²) in [5.41, 5.74) is -0.511. The van der Waals surface area contributed by atoms with Crippen molar-refractivity contribution in [2.75, 3.05) is 7.11 Å². The molecular formula is C29H35O20U5-. The van der Waals surface area contributed by atoms with Gasteiger partial charge in [0, 0.05) is 165 Å². The van der Waals surface area contributed by atoms with Crippen molar-refractivity contribution >= 4 is 18.4 Å². The van der Waals surface area contributed by atoms with E-state index in [1.165, 1.54) is 37.4 Å². The summed E-state index contributed by atoms with van der Waals surface area (Å²) in [7, 11) is 1.24. The molecule has 3 aromatic carbocycles. The fourth-order valence-corrected chi connectivity index (χ4v) is 3.39. The van der Waals surface area contributed by atoms with E-state index in [0.29, 0.717) is 0 Å². The number of benzene rings is 3. The van der Waals surface area contributed by atoms with Crippen molar-refractivity contribution in [2.45, 2.75) is 37.7 Å². The van der Waals surface area contributed by atoms with E-state index >= 15 is 0 Å². The van der Waals surface area contributed by atoms with E-state index in [9.17, 15) is 19.5 Å². The fraction of sp³-hybridized carbons (Fsp3) is 0.241. The average Bonchev–Trinajstić information content (AvgIpc) is 3.04. The maximum absolute atomic E-state index is 10.8. The standard InChI is InChI=1S/C10H12O6.2C9H10O6.CH3.2O.5U/c1-16-10(15)7-3-5(8(11)12)2-6(4-7)9(13)14;10-4-15-7-2-5(8(11)12)1-6(3-7)9(13)14;10-7(11)4-1-5(8(12)13)3-6(2-4)9(14)15;;;;;;;;/h2-4,8,10-12,15H,1H3,(H,13,14);1-4,8-9,11-14H;1-3,7-8,10-13H,(H,14,15);1H3;;;;;;;/q;;;-1;;;;;;;. The Morgan fingerprint density at radius 3 is 1.00 bits per heavy atom. The first-order valence-corrected chi connectivity index (χ1v) is 16.3. The van der Waals surface area contributed by atoms with E-state index in [2.05, 4.69) is 9.47 Å². The second kappa shape index (κ2) is 35.4. The Balaban J connectivity index is -0.000000148. The van der Waals surface area contributed by atoms with Crippen LogP contribution in [0.25, 0.3) is 0 Å². The quantitative estimate of drug-likeness (QED) is 0.0606. The van der Waals surface area contributed by atoms with E-state index < -0.39 is 77.5 Å². The number of carbonyl (C=O) groups excluding carboxylic acids is 1. The third-order valence-electron chi connectivity index (χ3n) is 5.58. The minimum absolute atomic E-state index is 0. The van der Waals surface area contributed by atoms with Crippen LogP contribution in [0.4, 0.5) is 0 Å². The molecule has 54 heavy (non-hydrogen) atoms. The monoisotopic (exact) mass is 1890 g/mol. The van der Waals surface area contributed by atoms with Crippen LogP contribution >= 0.6 is 0 Å². The Morgan fingerprint density at radius 1 is 0.537 bits per heavy atom. The summed E-state index contributed by atoms with van der Waals surface area (Å²) in [4.78, 5) is 31.4. The fourth-order valence-electron chi connectivity index (χ4n) is 3.39. The summed E-state index contributed by atoms with van der Waals surface area (Å²) >= 11 is -2.51. The molecule has 1 unspecified atom stereocenters. The summed E-state index contributed by atoms with van der Waals surface area (Å²) in [6.45, 7) is 0.149. The van der Waals surface area contributed by atoms with Gasteiger partial charge in [0.1, 0.15) is 5.75 Å². The maximum atomic E-state index is 10.8. The van der Waals surface area contributed by atoms with Gasteiger partial charge in [0.25, 0.3) is 6.47 Å². The second-order valence-corrected chi connectivity index (χ2v) is 9.67. The van der Waals surface area contributed by atoms with Crippen LogP contribution < -0.4 is 4.74 Å². The van der Waals surface area contributed by atoms with Crippen LogP contribution in [0.15, 0.2) is 54.6 Å². The van der Waals surface area contributed by atoms with Crippen LogP contribution in [0.3, 0.4) is 0 Å². The van der Waals surface area contributed by atoms with Crippen LogP contribution in [0.1, 0.15) is 91.8 Å². The van der Waals surface area contributed by atoms with Gasteiger partial charge in [0.15, 0.2) is 37.7 Å². The number of aliphatic hydroxyl groups is 11. The SMILES string of the molecule is COC(O)c1cc(C(=O)O)cc(C(O)O)c1.O=C(O)c1cc(C(O)O)cc(C(O)O)c1.O=COc1cc(C(O)O)cc(C(O)O)c1.[CH3-].[O]=[U]=[O].[U].[U].[U].[U]. The predicted octanol–water partition coefficient (Wildman–Crippen LogP) is -1.24. The zero-order chi connectivity index (χ0) is 38.0. The van der Waals surface area contributed by atoms with E-state index in [0.717, 1.165) is 24.3 Å². The topological polar surface area (TPSA) is 367 Å². The molecule has 0 aromatic heterocycles. The van der Waals surface area contributed by atoms with E-state index in [4.69, 9.17) is 65.7 Å². The smallest absolute Gasteiger partial charge is 0 e. The number of carboxylic acids is 2. The summed E-state index contributed by atoms with van der Waals surface area (Å²) in [6, 6.07) is 10.3.